The topological polar surface area (TPSA) is 114 Å². The summed E-state index contributed by atoms with van der Waals surface area (Å²) in [4.78, 5) is 57.5. The minimum absolute atomic E-state index is 0.0572. The van der Waals surface area contributed by atoms with Crippen LogP contribution in [0.3, 0.4) is 0 Å². The van der Waals surface area contributed by atoms with Gasteiger partial charge in [-0.2, -0.15) is 0 Å². The highest BCUT2D eigenvalue weighted by Crippen LogP contribution is 2.29. The molecule has 0 spiro atoms. The number of benzene rings is 2. The summed E-state index contributed by atoms with van der Waals surface area (Å²) in [5, 5.41) is 5.80. The minimum Gasteiger partial charge on any atom is -0.458 e. The first-order chi connectivity index (χ1) is 22.3. The van der Waals surface area contributed by atoms with Crippen LogP contribution in [0, 0.1) is 19.8 Å². The van der Waals surface area contributed by atoms with E-state index < -0.39 is 47.3 Å². The molecule has 3 unspecified atom stereocenters. The van der Waals surface area contributed by atoms with Crippen molar-refractivity contribution in [1.82, 2.24) is 15.5 Å². The van der Waals surface area contributed by atoms with Crippen LogP contribution in [-0.4, -0.2) is 58.6 Å². The van der Waals surface area contributed by atoms with Crippen molar-refractivity contribution in [2.24, 2.45) is 5.92 Å². The molecule has 0 fully saturated rings. The Hall–Kier alpha value is -3.88. The third kappa shape index (κ3) is 13.7. The molecule has 0 aliphatic carbocycles. The van der Waals surface area contributed by atoms with Gasteiger partial charge in [-0.15, -0.1) is 0 Å². The van der Waals surface area contributed by atoms with E-state index in [1.54, 1.807) is 46.4 Å². The fourth-order valence-corrected chi connectivity index (χ4v) is 5.41. The van der Waals surface area contributed by atoms with E-state index in [2.05, 4.69) is 17.6 Å². The highest BCUT2D eigenvalue weighted by Gasteiger charge is 2.39. The monoisotopic (exact) mass is 665 g/mol. The number of carbonyl (C=O) groups is 4. The molecule has 0 aliphatic heterocycles. The average molecular weight is 666 g/mol. The third-order valence-corrected chi connectivity index (χ3v) is 7.56. The molecule has 2 aromatic carbocycles. The molecule has 3 atom stereocenters. The standard InChI is InChI=1S/C39H59N3O6/c1-12-13-17-22-42(35(44)31(23-26(2)3)41-37(46)48-39(9,10)11)33(30-24-27(4)20-21-28(30)5)34(43)40-32(36(45)47-38(6,7)8)25-29-18-15-14-16-19-29/h14-16,18-21,24,26,31-33H,12-13,17,22-23,25H2,1-11H3,(H,40,43)(H,41,46). The Morgan fingerprint density at radius 2 is 1.44 bits per heavy atom. The van der Waals surface area contributed by atoms with Crippen molar-refractivity contribution in [2.45, 2.75) is 138 Å². The van der Waals surface area contributed by atoms with Gasteiger partial charge in [-0.05, 0) is 90.8 Å². The third-order valence-electron chi connectivity index (χ3n) is 7.56. The summed E-state index contributed by atoms with van der Waals surface area (Å²) in [5.41, 5.74) is 1.72. The van der Waals surface area contributed by atoms with Crippen LogP contribution in [0.25, 0.3) is 0 Å². The molecule has 2 N–H and O–H groups in total. The van der Waals surface area contributed by atoms with Gasteiger partial charge in [0.25, 0.3) is 0 Å². The molecule has 2 aromatic rings. The SMILES string of the molecule is CCCCCN(C(=O)C(CC(C)C)NC(=O)OC(C)(C)C)C(C(=O)NC(Cc1ccccc1)C(=O)OC(C)(C)C)c1cc(C)ccc1C. The van der Waals surface area contributed by atoms with Crippen LogP contribution in [0.5, 0.6) is 0 Å². The van der Waals surface area contributed by atoms with Crippen LogP contribution in [0.4, 0.5) is 4.79 Å². The summed E-state index contributed by atoms with van der Waals surface area (Å²) in [6.07, 6.45) is 2.26. The van der Waals surface area contributed by atoms with Gasteiger partial charge < -0.3 is 25.0 Å². The van der Waals surface area contributed by atoms with E-state index in [0.29, 0.717) is 18.4 Å². The van der Waals surface area contributed by atoms with Crippen LogP contribution in [-0.2, 0) is 30.3 Å². The van der Waals surface area contributed by atoms with Gasteiger partial charge in [0.05, 0.1) is 0 Å². The number of amides is 3. The maximum atomic E-state index is 14.7. The van der Waals surface area contributed by atoms with Gasteiger partial charge in [0, 0.05) is 13.0 Å². The summed E-state index contributed by atoms with van der Waals surface area (Å²) in [6, 6.07) is 12.2. The van der Waals surface area contributed by atoms with Crippen LogP contribution in [0.15, 0.2) is 48.5 Å². The second kappa shape index (κ2) is 18.0. The van der Waals surface area contributed by atoms with Crippen molar-refractivity contribution in [1.29, 1.82) is 0 Å². The Morgan fingerprint density at radius 3 is 2.00 bits per heavy atom. The molecule has 266 valence electrons. The first kappa shape index (κ1) is 40.3. The number of hydrogen-bond donors (Lipinski definition) is 2. The molecule has 9 nitrogen and oxygen atoms in total. The number of carbonyl (C=O) groups excluding carboxylic acids is 4. The molecular formula is C39H59N3O6. The van der Waals surface area contributed by atoms with Crippen molar-refractivity contribution >= 4 is 23.9 Å². The normalized spacial score (nSPS) is 13.7. The zero-order valence-electron chi connectivity index (χ0n) is 31.1. The number of rotatable bonds is 15. The van der Waals surface area contributed by atoms with E-state index >= 15 is 0 Å². The van der Waals surface area contributed by atoms with Crippen molar-refractivity contribution in [3.63, 3.8) is 0 Å². The number of alkyl carbamates (subject to hydrolysis) is 1. The number of unbranched alkanes of at least 4 members (excludes halogenated alkanes) is 2. The van der Waals surface area contributed by atoms with Crippen molar-refractivity contribution in [3.8, 4) is 0 Å². The Bertz CT molecular complexity index is 1360. The Morgan fingerprint density at radius 1 is 0.812 bits per heavy atom. The Labute approximate surface area is 288 Å². The predicted molar refractivity (Wildman–Crippen MR) is 190 cm³/mol. The molecule has 0 aromatic heterocycles. The summed E-state index contributed by atoms with van der Waals surface area (Å²) in [7, 11) is 0. The molecule has 2 rings (SSSR count). The van der Waals surface area contributed by atoms with Gasteiger partial charge in [-0.25, -0.2) is 9.59 Å². The van der Waals surface area contributed by atoms with E-state index in [9.17, 15) is 19.2 Å². The lowest BCUT2D eigenvalue weighted by atomic mass is 9.94. The predicted octanol–water partition coefficient (Wildman–Crippen LogP) is 7.37. The molecule has 9 heteroatoms. The summed E-state index contributed by atoms with van der Waals surface area (Å²) in [5.74, 6) is -1.39. The van der Waals surface area contributed by atoms with Crippen molar-refractivity contribution in [2.75, 3.05) is 6.54 Å². The summed E-state index contributed by atoms with van der Waals surface area (Å²) < 4.78 is 11.3. The average Bonchev–Trinajstić information content (AvgIpc) is 2.95. The van der Waals surface area contributed by atoms with Crippen molar-refractivity contribution < 1.29 is 28.7 Å². The van der Waals surface area contributed by atoms with Gasteiger partial charge in [0.1, 0.15) is 29.3 Å². The number of esters is 1. The first-order valence-electron chi connectivity index (χ1n) is 17.3. The Kier molecular flexibility index (Phi) is 15.1. The largest absolute Gasteiger partial charge is 0.458 e. The van der Waals surface area contributed by atoms with Crippen LogP contribution < -0.4 is 10.6 Å². The highest BCUT2D eigenvalue weighted by atomic mass is 16.6. The van der Waals surface area contributed by atoms with Crippen LogP contribution in [0.1, 0.15) is 116 Å². The van der Waals surface area contributed by atoms with Gasteiger partial charge in [-0.1, -0.05) is 87.7 Å². The van der Waals surface area contributed by atoms with E-state index in [1.165, 1.54) is 0 Å². The molecule has 0 heterocycles. The zero-order chi connectivity index (χ0) is 36.2. The molecule has 3 amide bonds. The van der Waals surface area contributed by atoms with Gasteiger partial charge in [0.2, 0.25) is 11.8 Å². The lowest BCUT2D eigenvalue weighted by Gasteiger charge is -2.36. The molecule has 0 saturated heterocycles. The fourth-order valence-electron chi connectivity index (χ4n) is 5.41. The Balaban J connectivity index is 2.68. The van der Waals surface area contributed by atoms with Crippen molar-refractivity contribution in [3.05, 3.63) is 70.8 Å². The maximum absolute atomic E-state index is 14.7. The second-order valence-corrected chi connectivity index (χ2v) is 15.1. The lowest BCUT2D eigenvalue weighted by molar-refractivity contribution is -0.159. The maximum Gasteiger partial charge on any atom is 0.408 e. The molecule has 0 aliphatic rings. The van der Waals surface area contributed by atoms with E-state index in [4.69, 9.17) is 9.47 Å². The quantitative estimate of drug-likeness (QED) is 0.152. The molecule has 0 saturated carbocycles. The van der Waals surface area contributed by atoms with E-state index in [-0.39, 0.29) is 24.8 Å². The van der Waals surface area contributed by atoms with Crippen LogP contribution >= 0.6 is 0 Å². The number of hydrogen-bond acceptors (Lipinski definition) is 6. The lowest BCUT2D eigenvalue weighted by Crippen LogP contribution is -2.55. The first-order valence-corrected chi connectivity index (χ1v) is 17.3. The molecule has 0 radical (unpaired) electrons. The van der Waals surface area contributed by atoms with Gasteiger partial charge in [0.15, 0.2) is 0 Å². The fraction of sp³-hybridized carbons (Fsp3) is 0.590. The summed E-state index contributed by atoms with van der Waals surface area (Å²) in [6.45, 7) is 20.8. The van der Waals surface area contributed by atoms with Gasteiger partial charge in [-0.3, -0.25) is 9.59 Å². The molecule has 0 bridgehead atoms. The smallest absolute Gasteiger partial charge is 0.408 e. The highest BCUT2D eigenvalue weighted by molar-refractivity contribution is 5.94. The second-order valence-electron chi connectivity index (χ2n) is 15.1. The molecule has 48 heavy (non-hydrogen) atoms. The molecular weight excluding hydrogens is 606 g/mol. The number of aryl methyl sites for hydroxylation is 2. The van der Waals surface area contributed by atoms with Gasteiger partial charge >= 0.3 is 12.1 Å². The van der Waals surface area contributed by atoms with Crippen LogP contribution in [0.2, 0.25) is 0 Å². The van der Waals surface area contributed by atoms with E-state index in [0.717, 1.165) is 29.5 Å². The number of nitrogens with zero attached hydrogens (tertiary/aromatic N) is 1. The number of nitrogens with one attached hydrogen (secondary N) is 2. The zero-order valence-corrected chi connectivity index (χ0v) is 31.1. The summed E-state index contributed by atoms with van der Waals surface area (Å²) >= 11 is 0. The van der Waals surface area contributed by atoms with E-state index in [1.807, 2.05) is 76.2 Å². The number of ether oxygens (including phenoxy) is 2. The minimum atomic E-state index is -1.08.